The number of nitrogens with zero attached hydrogens (tertiary/aromatic N) is 5. The van der Waals surface area contributed by atoms with Crippen molar-refractivity contribution in [2.24, 2.45) is 0 Å². The van der Waals surface area contributed by atoms with Gasteiger partial charge in [0.25, 0.3) is 0 Å². The number of likely N-dealkylation sites (tertiary alicyclic amines) is 1. The van der Waals surface area contributed by atoms with Crippen molar-refractivity contribution in [3.05, 3.63) is 46.8 Å². The fraction of sp³-hybridized carbons (Fsp3) is 0.500. The van der Waals surface area contributed by atoms with Crippen molar-refractivity contribution in [3.8, 4) is 16.9 Å². The van der Waals surface area contributed by atoms with Gasteiger partial charge in [0.15, 0.2) is 11.4 Å². The monoisotopic (exact) mass is 476 g/mol. The quantitative estimate of drug-likeness (QED) is 0.475. The van der Waals surface area contributed by atoms with Gasteiger partial charge < -0.3 is 14.5 Å². The van der Waals surface area contributed by atoms with Gasteiger partial charge in [0.05, 0.1) is 24.2 Å². The molecule has 0 bridgehead atoms. The van der Waals surface area contributed by atoms with E-state index >= 15 is 0 Å². The summed E-state index contributed by atoms with van der Waals surface area (Å²) in [6.45, 7) is 5.86. The Hall–Kier alpha value is -3.17. The number of piperidine rings is 1. The number of nitrogens with one attached hydrogen (secondary N) is 1. The summed E-state index contributed by atoms with van der Waals surface area (Å²) in [5, 5.41) is 4.31. The van der Waals surface area contributed by atoms with Gasteiger partial charge in [-0.25, -0.2) is 14.3 Å². The molecule has 1 atom stereocenters. The zero-order chi connectivity index (χ0) is 23.9. The number of aromatic amines is 1. The lowest BCUT2D eigenvalue weighted by molar-refractivity contribution is 0.0191. The van der Waals surface area contributed by atoms with E-state index in [2.05, 4.69) is 39.0 Å². The second-order valence-corrected chi connectivity index (χ2v) is 9.64. The topological polar surface area (TPSA) is 89.7 Å². The van der Waals surface area contributed by atoms with Gasteiger partial charge in [-0.3, -0.25) is 9.47 Å². The zero-order valence-electron chi connectivity index (χ0n) is 20.4. The Labute approximate surface area is 203 Å². The number of H-pyrrole nitrogens is 1. The van der Waals surface area contributed by atoms with Crippen molar-refractivity contribution in [1.29, 1.82) is 0 Å². The molecule has 2 aliphatic rings. The second-order valence-electron chi connectivity index (χ2n) is 9.64. The number of methoxy groups -OCH3 is 1. The molecule has 4 aromatic rings. The lowest BCUT2D eigenvalue weighted by Gasteiger charge is -2.40. The van der Waals surface area contributed by atoms with Gasteiger partial charge >= 0.3 is 5.69 Å². The summed E-state index contributed by atoms with van der Waals surface area (Å²) >= 11 is 0. The molecule has 0 radical (unpaired) electrons. The molecule has 9 heteroatoms. The number of pyridine rings is 1. The molecule has 3 aromatic heterocycles. The van der Waals surface area contributed by atoms with Crippen LogP contribution in [0.3, 0.4) is 0 Å². The number of rotatable bonds is 5. The molecular weight excluding hydrogens is 444 g/mol. The predicted molar refractivity (Wildman–Crippen MR) is 134 cm³/mol. The Balaban J connectivity index is 1.40. The first-order valence-corrected chi connectivity index (χ1v) is 12.6. The number of fused-ring (bicyclic) bond motifs is 2. The molecular formula is C26H32N6O3. The van der Waals surface area contributed by atoms with Crippen LogP contribution in [0.1, 0.15) is 44.2 Å². The average Bonchev–Trinajstić information content (AvgIpc) is 3.51. The Morgan fingerprint density at radius 3 is 2.83 bits per heavy atom. The van der Waals surface area contributed by atoms with E-state index in [4.69, 9.17) is 9.47 Å². The van der Waals surface area contributed by atoms with Crippen molar-refractivity contribution in [2.75, 3.05) is 33.4 Å². The van der Waals surface area contributed by atoms with Crippen LogP contribution in [0.4, 0.5) is 0 Å². The van der Waals surface area contributed by atoms with Gasteiger partial charge in [-0.1, -0.05) is 6.92 Å². The van der Waals surface area contributed by atoms with Crippen molar-refractivity contribution in [1.82, 2.24) is 29.0 Å². The van der Waals surface area contributed by atoms with Gasteiger partial charge in [-0.05, 0) is 68.0 Å². The first-order valence-electron chi connectivity index (χ1n) is 12.6. The third-order valence-electron chi connectivity index (χ3n) is 7.70. The molecule has 0 spiro atoms. The van der Waals surface area contributed by atoms with Crippen molar-refractivity contribution in [3.63, 3.8) is 0 Å². The Kier molecular flexibility index (Phi) is 5.82. The summed E-state index contributed by atoms with van der Waals surface area (Å²) in [5.41, 5.74) is 5.74. The van der Waals surface area contributed by atoms with E-state index in [1.54, 1.807) is 11.6 Å². The first kappa shape index (κ1) is 22.3. The van der Waals surface area contributed by atoms with Gasteiger partial charge in [0.2, 0.25) is 0 Å². The molecule has 35 heavy (non-hydrogen) atoms. The molecule has 0 aliphatic carbocycles. The summed E-state index contributed by atoms with van der Waals surface area (Å²) in [5.74, 6) is 0.670. The van der Waals surface area contributed by atoms with E-state index in [0.717, 1.165) is 80.6 Å². The highest BCUT2D eigenvalue weighted by Crippen LogP contribution is 2.34. The van der Waals surface area contributed by atoms with Crippen molar-refractivity contribution >= 4 is 16.7 Å². The van der Waals surface area contributed by atoms with Crippen LogP contribution in [-0.4, -0.2) is 68.5 Å². The second kappa shape index (κ2) is 9.13. The largest absolute Gasteiger partial charge is 0.493 e. The van der Waals surface area contributed by atoms with E-state index < -0.39 is 0 Å². The SMILES string of the molecule is CCc1cc2c(cc1-c1cc(OC)c3ncnn3c1)[nH]c(=O)n2[C@@H]1CCCN(C2CCOCC2)C1. The molecule has 1 N–H and O–H groups in total. The fourth-order valence-electron chi connectivity index (χ4n) is 5.91. The number of imidazole rings is 1. The highest BCUT2D eigenvalue weighted by atomic mass is 16.5. The molecule has 0 amide bonds. The molecule has 1 aromatic carbocycles. The van der Waals surface area contributed by atoms with E-state index in [1.165, 1.54) is 11.9 Å². The molecule has 184 valence electrons. The summed E-state index contributed by atoms with van der Waals surface area (Å²) in [7, 11) is 1.64. The lowest BCUT2D eigenvalue weighted by Crippen LogP contribution is -2.46. The van der Waals surface area contributed by atoms with Crippen LogP contribution in [0.15, 0.2) is 35.5 Å². The number of aryl methyl sites for hydroxylation is 1. The van der Waals surface area contributed by atoms with Crippen molar-refractivity contribution < 1.29 is 9.47 Å². The van der Waals surface area contributed by atoms with Gasteiger partial charge in [-0.15, -0.1) is 0 Å². The number of aromatic nitrogens is 5. The molecule has 0 unspecified atom stereocenters. The van der Waals surface area contributed by atoms with E-state index in [9.17, 15) is 4.79 Å². The molecule has 0 saturated carbocycles. The first-order chi connectivity index (χ1) is 17.2. The van der Waals surface area contributed by atoms with Crippen LogP contribution in [0.25, 0.3) is 27.8 Å². The minimum absolute atomic E-state index is 0.0256. The molecule has 2 saturated heterocycles. The third-order valence-corrected chi connectivity index (χ3v) is 7.70. The maximum atomic E-state index is 13.2. The molecule has 2 fully saturated rings. The number of hydrogen-bond acceptors (Lipinski definition) is 6. The summed E-state index contributed by atoms with van der Waals surface area (Å²) < 4.78 is 14.9. The smallest absolute Gasteiger partial charge is 0.326 e. The third kappa shape index (κ3) is 3.92. The minimum atomic E-state index is -0.0256. The Morgan fingerprint density at radius 1 is 1.17 bits per heavy atom. The maximum absolute atomic E-state index is 13.2. The van der Waals surface area contributed by atoms with Crippen LogP contribution in [0.5, 0.6) is 5.75 Å². The fourth-order valence-corrected chi connectivity index (χ4v) is 5.91. The highest BCUT2D eigenvalue weighted by molar-refractivity contribution is 5.85. The normalized spacial score (nSPS) is 20.1. The van der Waals surface area contributed by atoms with E-state index in [0.29, 0.717) is 17.4 Å². The maximum Gasteiger partial charge on any atom is 0.326 e. The predicted octanol–water partition coefficient (Wildman–Crippen LogP) is 3.43. The average molecular weight is 477 g/mol. The standard InChI is InChI=1S/C26H32N6O3/c1-3-17-11-23-22(13-21(17)18-12-24(34-2)25-27-16-28-31(25)14-18)29-26(33)32(23)20-5-4-8-30(15-20)19-6-9-35-10-7-19/h11-14,16,19-20H,3-10,15H2,1-2H3,(H,29,33)/t20-/m1/s1. The van der Waals surface area contributed by atoms with Gasteiger partial charge in [-0.2, -0.15) is 5.10 Å². The number of benzene rings is 1. The van der Waals surface area contributed by atoms with Gasteiger partial charge in [0, 0.05) is 37.6 Å². The molecule has 2 aliphatic heterocycles. The van der Waals surface area contributed by atoms with Gasteiger partial charge in [0.1, 0.15) is 6.33 Å². The summed E-state index contributed by atoms with van der Waals surface area (Å²) in [4.78, 5) is 23.2. The van der Waals surface area contributed by atoms with Crippen LogP contribution in [0, 0.1) is 0 Å². The highest BCUT2D eigenvalue weighted by Gasteiger charge is 2.30. The van der Waals surface area contributed by atoms with Crippen LogP contribution in [0.2, 0.25) is 0 Å². The van der Waals surface area contributed by atoms with Crippen molar-refractivity contribution in [2.45, 2.75) is 51.1 Å². The van der Waals surface area contributed by atoms with E-state index in [1.807, 2.05) is 16.8 Å². The van der Waals surface area contributed by atoms with Crippen LogP contribution in [-0.2, 0) is 11.2 Å². The molecule has 5 heterocycles. The van der Waals surface area contributed by atoms with Crippen LogP contribution < -0.4 is 10.4 Å². The number of hydrogen-bond donors (Lipinski definition) is 1. The Morgan fingerprint density at radius 2 is 2.03 bits per heavy atom. The van der Waals surface area contributed by atoms with Crippen LogP contribution >= 0.6 is 0 Å². The summed E-state index contributed by atoms with van der Waals surface area (Å²) in [6, 6.07) is 7.02. The zero-order valence-corrected chi connectivity index (χ0v) is 20.4. The lowest BCUT2D eigenvalue weighted by atomic mass is 9.97. The molecule has 9 nitrogen and oxygen atoms in total. The summed E-state index contributed by atoms with van der Waals surface area (Å²) in [6.07, 6.45) is 8.63. The molecule has 6 rings (SSSR count). The Bertz CT molecular complexity index is 1410. The number of ether oxygens (including phenoxy) is 2. The minimum Gasteiger partial charge on any atom is -0.493 e. The van der Waals surface area contributed by atoms with E-state index in [-0.39, 0.29) is 11.7 Å².